The normalized spacial score (nSPS) is 11.0. The van der Waals surface area contributed by atoms with E-state index in [4.69, 9.17) is 4.74 Å². The van der Waals surface area contributed by atoms with E-state index in [0.29, 0.717) is 12.2 Å². The van der Waals surface area contributed by atoms with Gasteiger partial charge in [0.25, 0.3) is 5.91 Å². The Morgan fingerprint density at radius 2 is 1.66 bits per heavy atom. The van der Waals surface area contributed by atoms with Gasteiger partial charge in [-0.3, -0.25) is 9.78 Å². The van der Waals surface area contributed by atoms with Crippen LogP contribution in [0.1, 0.15) is 42.4 Å². The van der Waals surface area contributed by atoms with Crippen molar-refractivity contribution in [3.05, 3.63) is 83.7 Å². The number of benzene rings is 2. The molecule has 0 radical (unpaired) electrons. The smallest absolute Gasteiger partial charge is 0.270 e. The fourth-order valence-electron chi connectivity index (χ4n) is 2.87. The van der Waals surface area contributed by atoms with Crippen molar-refractivity contribution < 1.29 is 9.53 Å². The molecule has 2 N–H and O–H groups in total. The molecule has 1 amide bonds. The van der Waals surface area contributed by atoms with Crippen LogP contribution < -0.4 is 15.4 Å². The Balaban J connectivity index is 1.63. The van der Waals surface area contributed by atoms with E-state index in [1.165, 1.54) is 5.56 Å². The van der Waals surface area contributed by atoms with Crippen LogP contribution in [0.2, 0.25) is 0 Å². The minimum absolute atomic E-state index is 0.115. The molecule has 1 aromatic heterocycles. The summed E-state index contributed by atoms with van der Waals surface area (Å²) < 4.78 is 5.14. The average Bonchev–Trinajstić information content (AvgIpc) is 2.72. The molecular weight excluding hydrogens is 362 g/mol. The SMILES string of the molecule is COc1ccc(CNC(=O)c2cc(Nc3ccc(C(C)(C)C)cc3)ccn2)cc1. The van der Waals surface area contributed by atoms with Crippen molar-refractivity contribution in [1.29, 1.82) is 0 Å². The van der Waals surface area contributed by atoms with Gasteiger partial charge in [0.1, 0.15) is 11.4 Å². The minimum Gasteiger partial charge on any atom is -0.497 e. The molecule has 5 nitrogen and oxygen atoms in total. The Morgan fingerprint density at radius 3 is 2.28 bits per heavy atom. The first kappa shape index (κ1) is 20.4. The summed E-state index contributed by atoms with van der Waals surface area (Å²) in [5, 5.41) is 6.23. The lowest BCUT2D eigenvalue weighted by Crippen LogP contribution is -2.23. The number of carbonyl (C=O) groups excluding carboxylic acids is 1. The maximum atomic E-state index is 12.5. The van der Waals surface area contributed by atoms with E-state index < -0.39 is 0 Å². The average molecular weight is 389 g/mol. The second-order valence-corrected chi connectivity index (χ2v) is 7.91. The highest BCUT2D eigenvalue weighted by Gasteiger charge is 2.13. The molecule has 0 bridgehead atoms. The van der Waals surface area contributed by atoms with E-state index in [1.54, 1.807) is 19.4 Å². The van der Waals surface area contributed by atoms with Crippen molar-refractivity contribution in [2.75, 3.05) is 12.4 Å². The van der Waals surface area contributed by atoms with Gasteiger partial charge in [-0.25, -0.2) is 0 Å². The number of carbonyl (C=O) groups is 1. The van der Waals surface area contributed by atoms with Crippen molar-refractivity contribution in [3.63, 3.8) is 0 Å². The van der Waals surface area contributed by atoms with Gasteiger partial charge in [-0.1, -0.05) is 45.0 Å². The van der Waals surface area contributed by atoms with E-state index in [0.717, 1.165) is 22.7 Å². The van der Waals surface area contributed by atoms with Crippen molar-refractivity contribution in [1.82, 2.24) is 10.3 Å². The number of rotatable bonds is 6. The summed E-state index contributed by atoms with van der Waals surface area (Å²) in [6, 6.07) is 19.5. The number of amides is 1. The van der Waals surface area contributed by atoms with Gasteiger partial charge in [0.2, 0.25) is 0 Å². The largest absolute Gasteiger partial charge is 0.497 e. The highest BCUT2D eigenvalue weighted by Crippen LogP contribution is 2.25. The lowest BCUT2D eigenvalue weighted by molar-refractivity contribution is 0.0946. The molecule has 0 spiro atoms. The molecule has 5 heteroatoms. The zero-order valence-corrected chi connectivity index (χ0v) is 17.3. The number of methoxy groups -OCH3 is 1. The van der Waals surface area contributed by atoms with Crippen molar-refractivity contribution in [3.8, 4) is 5.75 Å². The van der Waals surface area contributed by atoms with Crippen molar-refractivity contribution >= 4 is 17.3 Å². The van der Waals surface area contributed by atoms with Gasteiger partial charge < -0.3 is 15.4 Å². The Hall–Kier alpha value is -3.34. The van der Waals surface area contributed by atoms with E-state index in [-0.39, 0.29) is 11.3 Å². The van der Waals surface area contributed by atoms with Crippen LogP contribution in [0.3, 0.4) is 0 Å². The Kier molecular flexibility index (Phi) is 6.17. The Labute approximate surface area is 172 Å². The van der Waals surface area contributed by atoms with Gasteiger partial charge in [0.15, 0.2) is 0 Å². The number of hydrogen-bond donors (Lipinski definition) is 2. The molecule has 0 aliphatic carbocycles. The Morgan fingerprint density at radius 1 is 0.966 bits per heavy atom. The molecule has 0 saturated carbocycles. The molecule has 0 aliphatic heterocycles. The van der Waals surface area contributed by atoms with Crippen LogP contribution >= 0.6 is 0 Å². The van der Waals surface area contributed by atoms with Crippen LogP contribution in [0.5, 0.6) is 5.75 Å². The molecule has 150 valence electrons. The first-order chi connectivity index (χ1) is 13.8. The molecule has 0 aliphatic rings. The molecule has 29 heavy (non-hydrogen) atoms. The third-order valence-electron chi connectivity index (χ3n) is 4.64. The van der Waals surface area contributed by atoms with Gasteiger partial charge in [-0.15, -0.1) is 0 Å². The maximum Gasteiger partial charge on any atom is 0.270 e. The predicted molar refractivity (Wildman–Crippen MR) is 117 cm³/mol. The third-order valence-corrected chi connectivity index (χ3v) is 4.64. The second kappa shape index (κ2) is 8.78. The maximum absolute atomic E-state index is 12.5. The number of nitrogens with zero attached hydrogens (tertiary/aromatic N) is 1. The van der Waals surface area contributed by atoms with E-state index >= 15 is 0 Å². The topological polar surface area (TPSA) is 63.2 Å². The summed E-state index contributed by atoms with van der Waals surface area (Å²) in [5.41, 5.74) is 4.54. The van der Waals surface area contributed by atoms with Gasteiger partial charge in [0.05, 0.1) is 7.11 Å². The van der Waals surface area contributed by atoms with Crippen LogP contribution in [-0.2, 0) is 12.0 Å². The Bertz CT molecular complexity index is 959. The second-order valence-electron chi connectivity index (χ2n) is 7.91. The standard InChI is InChI=1S/C24H27N3O2/c1-24(2,3)18-7-9-19(10-8-18)27-20-13-14-25-22(15-20)23(28)26-16-17-5-11-21(29-4)12-6-17/h5-15H,16H2,1-4H3,(H,25,27)(H,26,28). The monoisotopic (exact) mass is 389 g/mol. The molecule has 0 atom stereocenters. The highest BCUT2D eigenvalue weighted by molar-refractivity contribution is 5.93. The molecule has 3 rings (SSSR count). The van der Waals surface area contributed by atoms with Crippen LogP contribution in [0.25, 0.3) is 0 Å². The van der Waals surface area contributed by atoms with E-state index in [9.17, 15) is 4.79 Å². The lowest BCUT2D eigenvalue weighted by Gasteiger charge is -2.19. The molecule has 0 fully saturated rings. The van der Waals surface area contributed by atoms with E-state index in [2.05, 4.69) is 48.5 Å². The number of ether oxygens (including phenoxy) is 1. The molecule has 1 heterocycles. The number of hydrogen-bond acceptors (Lipinski definition) is 4. The number of anilines is 2. The van der Waals surface area contributed by atoms with Gasteiger partial charge in [-0.2, -0.15) is 0 Å². The summed E-state index contributed by atoms with van der Waals surface area (Å²) in [6.07, 6.45) is 1.63. The minimum atomic E-state index is -0.215. The van der Waals surface area contributed by atoms with Crippen LogP contribution in [0, 0.1) is 0 Å². The fraction of sp³-hybridized carbons (Fsp3) is 0.250. The van der Waals surface area contributed by atoms with E-state index in [1.807, 2.05) is 42.5 Å². The van der Waals surface area contributed by atoms with Gasteiger partial charge in [0, 0.05) is 24.1 Å². The quantitative estimate of drug-likeness (QED) is 0.618. The predicted octanol–water partition coefficient (Wildman–Crippen LogP) is 5.06. The first-order valence-electron chi connectivity index (χ1n) is 9.60. The summed E-state index contributed by atoms with van der Waals surface area (Å²) in [5.74, 6) is 0.573. The summed E-state index contributed by atoms with van der Waals surface area (Å²) in [7, 11) is 1.63. The number of nitrogens with one attached hydrogen (secondary N) is 2. The van der Waals surface area contributed by atoms with Crippen molar-refractivity contribution in [2.45, 2.75) is 32.7 Å². The fourth-order valence-corrected chi connectivity index (χ4v) is 2.87. The van der Waals surface area contributed by atoms with Crippen LogP contribution in [0.4, 0.5) is 11.4 Å². The highest BCUT2D eigenvalue weighted by atomic mass is 16.5. The summed E-state index contributed by atoms with van der Waals surface area (Å²) in [6.45, 7) is 7.00. The number of pyridine rings is 1. The molecule has 3 aromatic rings. The van der Waals surface area contributed by atoms with Crippen molar-refractivity contribution in [2.24, 2.45) is 0 Å². The molecule has 0 unspecified atom stereocenters. The van der Waals surface area contributed by atoms with Crippen LogP contribution in [-0.4, -0.2) is 18.0 Å². The van der Waals surface area contributed by atoms with Gasteiger partial charge in [-0.05, 0) is 52.9 Å². The summed E-state index contributed by atoms with van der Waals surface area (Å²) in [4.78, 5) is 16.7. The zero-order valence-electron chi connectivity index (χ0n) is 17.3. The molecule has 2 aromatic carbocycles. The number of aromatic nitrogens is 1. The van der Waals surface area contributed by atoms with Crippen LogP contribution in [0.15, 0.2) is 66.9 Å². The zero-order chi connectivity index (χ0) is 20.9. The van der Waals surface area contributed by atoms with Gasteiger partial charge >= 0.3 is 0 Å². The molecular formula is C24H27N3O2. The summed E-state index contributed by atoms with van der Waals surface area (Å²) >= 11 is 0. The first-order valence-corrected chi connectivity index (χ1v) is 9.60. The lowest BCUT2D eigenvalue weighted by atomic mass is 9.87. The third kappa shape index (κ3) is 5.57. The molecule has 0 saturated heterocycles.